The van der Waals surface area contributed by atoms with Crippen molar-refractivity contribution in [1.82, 2.24) is 25.8 Å². The van der Waals surface area contributed by atoms with Crippen molar-refractivity contribution in [3.05, 3.63) is 48.6 Å². The third-order valence-electron chi connectivity index (χ3n) is 10.9. The number of ether oxygens (including phenoxy) is 3. The first-order chi connectivity index (χ1) is 25.5. The number of rotatable bonds is 22. The topological polar surface area (TPSA) is 156 Å². The molecule has 54 heavy (non-hydrogen) atoms. The van der Waals surface area contributed by atoms with E-state index in [9.17, 15) is 24.0 Å². The van der Waals surface area contributed by atoms with Crippen LogP contribution >= 0.6 is 0 Å². The highest BCUT2D eigenvalue weighted by molar-refractivity contribution is 5.92. The van der Waals surface area contributed by atoms with Crippen LogP contribution in [0.25, 0.3) is 0 Å². The molecule has 8 unspecified atom stereocenters. The van der Waals surface area contributed by atoms with Gasteiger partial charge < -0.3 is 40.0 Å². The Labute approximate surface area is 323 Å². The Morgan fingerprint density at radius 1 is 1.04 bits per heavy atom. The minimum Gasteiger partial charge on any atom is -0.460 e. The van der Waals surface area contributed by atoms with E-state index in [1.807, 2.05) is 58.0 Å². The molecular formula is C41H67N5O8. The zero-order chi connectivity index (χ0) is 40.7. The number of carbonyl (C=O) groups excluding carboxylic acids is 5. The third kappa shape index (κ3) is 12.4. The molecule has 4 amide bonds. The molecule has 1 fully saturated rings. The molecule has 0 aliphatic carbocycles. The smallest absolute Gasteiger partial charge is 0.329 e. The highest BCUT2D eigenvalue weighted by Crippen LogP contribution is 2.30. The van der Waals surface area contributed by atoms with E-state index in [0.29, 0.717) is 13.0 Å². The van der Waals surface area contributed by atoms with Crippen molar-refractivity contribution >= 4 is 29.6 Å². The van der Waals surface area contributed by atoms with Gasteiger partial charge in [0.05, 0.1) is 42.2 Å². The Balaban J connectivity index is 2.29. The van der Waals surface area contributed by atoms with E-state index in [4.69, 9.17) is 14.2 Å². The molecule has 8 atom stereocenters. The average molecular weight is 758 g/mol. The number of nitrogens with zero attached hydrogens (tertiary/aromatic N) is 2. The summed E-state index contributed by atoms with van der Waals surface area (Å²) in [7, 11) is 6.46. The largest absolute Gasteiger partial charge is 0.460 e. The quantitative estimate of drug-likeness (QED) is 0.119. The lowest BCUT2D eigenvalue weighted by molar-refractivity contribution is -0.149. The zero-order valence-corrected chi connectivity index (χ0v) is 34.5. The lowest BCUT2D eigenvalue weighted by atomic mass is 9.89. The van der Waals surface area contributed by atoms with Crippen molar-refractivity contribution in [2.45, 2.75) is 122 Å². The lowest BCUT2D eigenvalue weighted by Gasteiger charge is -2.41. The summed E-state index contributed by atoms with van der Waals surface area (Å²) in [5.74, 6) is -2.65. The average Bonchev–Trinajstić information content (AvgIpc) is 3.64. The Morgan fingerprint density at radius 3 is 2.22 bits per heavy atom. The first-order valence-electron chi connectivity index (χ1n) is 19.2. The van der Waals surface area contributed by atoms with Gasteiger partial charge in [0.1, 0.15) is 18.7 Å². The predicted molar refractivity (Wildman–Crippen MR) is 209 cm³/mol. The summed E-state index contributed by atoms with van der Waals surface area (Å²) in [6.07, 6.45) is 2.46. The van der Waals surface area contributed by atoms with Gasteiger partial charge in [-0.3, -0.25) is 19.2 Å². The molecule has 1 heterocycles. The van der Waals surface area contributed by atoms with Gasteiger partial charge in [0.25, 0.3) is 0 Å². The predicted octanol–water partition coefficient (Wildman–Crippen LogP) is 3.50. The molecule has 1 aliphatic rings. The molecule has 304 valence electrons. The molecule has 1 aliphatic heterocycles. The molecule has 13 heteroatoms. The Morgan fingerprint density at radius 2 is 1.69 bits per heavy atom. The van der Waals surface area contributed by atoms with Crippen molar-refractivity contribution in [3.63, 3.8) is 0 Å². The fourth-order valence-electron chi connectivity index (χ4n) is 7.06. The standard InChI is InChI=1S/C41H67N5O8/c1-13-23-54-39(50)30(24-29-19-16-15-17-20-29)43-37(48)28(6)36(53-12)31-21-18-22-46(31)33(47)25-32(52-11)35(27(5)14-2)45(10)38(49)34(26(3)4)44-40(51)41(7,8)42-9/h13,15-17,19-20,26-28,30-32,34-36,42H,1,14,18,21-25H2,2-12H3,(H,43,48)(H,44,51). The van der Waals surface area contributed by atoms with Gasteiger partial charge in [-0.05, 0) is 51.1 Å². The van der Waals surface area contributed by atoms with Crippen LogP contribution in [0, 0.1) is 17.8 Å². The number of likely N-dealkylation sites (N-methyl/N-ethyl adjacent to an activating group) is 2. The summed E-state index contributed by atoms with van der Waals surface area (Å²) in [4.78, 5) is 71.5. The van der Waals surface area contributed by atoms with Crippen molar-refractivity contribution in [2.75, 3.05) is 41.5 Å². The van der Waals surface area contributed by atoms with Crippen LogP contribution in [0.4, 0.5) is 0 Å². The SMILES string of the molecule is C=CCOC(=O)C(Cc1ccccc1)NC(=O)C(C)C(OC)C1CCCN1C(=O)CC(OC)C(C(C)CC)N(C)C(=O)C(NC(=O)C(C)(C)NC)C(C)C. The molecule has 1 aromatic carbocycles. The molecule has 13 nitrogen and oxygen atoms in total. The molecule has 1 saturated heterocycles. The van der Waals surface area contributed by atoms with E-state index in [0.717, 1.165) is 18.4 Å². The summed E-state index contributed by atoms with van der Waals surface area (Å²) in [6.45, 7) is 17.2. The molecule has 0 spiro atoms. The fourth-order valence-corrected chi connectivity index (χ4v) is 7.06. The molecule has 0 aromatic heterocycles. The van der Waals surface area contributed by atoms with Crippen LogP contribution in [-0.4, -0.2) is 123 Å². The normalized spacial score (nSPS) is 18.4. The lowest BCUT2D eigenvalue weighted by Crippen LogP contribution is -2.61. The summed E-state index contributed by atoms with van der Waals surface area (Å²) in [6, 6.07) is 6.76. The maximum absolute atomic E-state index is 14.2. The van der Waals surface area contributed by atoms with Gasteiger partial charge in [-0.15, -0.1) is 0 Å². The second kappa shape index (κ2) is 21.9. The van der Waals surface area contributed by atoms with Crippen molar-refractivity contribution in [3.8, 4) is 0 Å². The van der Waals surface area contributed by atoms with E-state index in [1.54, 1.807) is 51.8 Å². The highest BCUT2D eigenvalue weighted by Gasteiger charge is 2.43. The van der Waals surface area contributed by atoms with Crippen LogP contribution < -0.4 is 16.0 Å². The monoisotopic (exact) mass is 757 g/mol. The summed E-state index contributed by atoms with van der Waals surface area (Å²) in [5, 5.41) is 8.80. The minimum atomic E-state index is -0.931. The van der Waals surface area contributed by atoms with E-state index in [2.05, 4.69) is 22.5 Å². The second-order valence-electron chi connectivity index (χ2n) is 15.3. The summed E-state index contributed by atoms with van der Waals surface area (Å²) >= 11 is 0. The Kier molecular flexibility index (Phi) is 18.8. The number of methoxy groups -OCH3 is 2. The van der Waals surface area contributed by atoms with Crippen LogP contribution in [0.2, 0.25) is 0 Å². The minimum absolute atomic E-state index is 0.00355. The number of esters is 1. The van der Waals surface area contributed by atoms with Crippen molar-refractivity contribution in [1.29, 1.82) is 0 Å². The number of benzene rings is 1. The summed E-state index contributed by atoms with van der Waals surface area (Å²) < 4.78 is 17.2. The Hall–Kier alpha value is -3.81. The van der Waals surface area contributed by atoms with Gasteiger partial charge in [0, 0.05) is 34.2 Å². The van der Waals surface area contributed by atoms with Crippen LogP contribution in [-0.2, 0) is 44.6 Å². The van der Waals surface area contributed by atoms with Crippen LogP contribution in [0.3, 0.4) is 0 Å². The maximum atomic E-state index is 14.2. The molecule has 1 aromatic rings. The molecule has 0 saturated carbocycles. The Bertz CT molecular complexity index is 1390. The van der Waals surface area contributed by atoms with Crippen molar-refractivity contribution in [2.24, 2.45) is 17.8 Å². The highest BCUT2D eigenvalue weighted by atomic mass is 16.5. The maximum Gasteiger partial charge on any atom is 0.329 e. The van der Waals surface area contributed by atoms with Crippen LogP contribution in [0.1, 0.15) is 79.7 Å². The molecule has 3 N–H and O–H groups in total. The van der Waals surface area contributed by atoms with E-state index < -0.39 is 59.7 Å². The number of hydrogen-bond acceptors (Lipinski definition) is 9. The summed E-state index contributed by atoms with van der Waals surface area (Å²) in [5.41, 5.74) is -0.0188. The van der Waals surface area contributed by atoms with E-state index in [1.165, 1.54) is 13.2 Å². The molecule has 0 radical (unpaired) electrons. The van der Waals surface area contributed by atoms with Gasteiger partial charge in [-0.25, -0.2) is 4.79 Å². The van der Waals surface area contributed by atoms with Gasteiger partial charge in [-0.2, -0.15) is 0 Å². The third-order valence-corrected chi connectivity index (χ3v) is 10.9. The van der Waals surface area contributed by atoms with E-state index >= 15 is 0 Å². The van der Waals surface area contributed by atoms with Crippen molar-refractivity contribution < 1.29 is 38.2 Å². The van der Waals surface area contributed by atoms with E-state index in [-0.39, 0.29) is 49.0 Å². The number of amides is 4. The molecular weight excluding hydrogens is 690 g/mol. The number of hydrogen-bond donors (Lipinski definition) is 3. The van der Waals surface area contributed by atoms with Gasteiger partial charge in [0.2, 0.25) is 23.6 Å². The zero-order valence-electron chi connectivity index (χ0n) is 34.5. The molecule has 2 rings (SSSR count). The van der Waals surface area contributed by atoms with Gasteiger partial charge in [-0.1, -0.05) is 84.0 Å². The van der Waals surface area contributed by atoms with Crippen LogP contribution in [0.5, 0.6) is 0 Å². The van der Waals surface area contributed by atoms with Crippen LogP contribution in [0.15, 0.2) is 43.0 Å². The fraction of sp³-hybridized carbons (Fsp3) is 0.683. The first kappa shape index (κ1) is 46.3. The number of nitrogens with one attached hydrogen (secondary N) is 3. The number of carbonyl (C=O) groups is 5. The molecule has 0 bridgehead atoms. The number of likely N-dealkylation sites (tertiary alicyclic amines) is 1. The second-order valence-corrected chi connectivity index (χ2v) is 15.3. The first-order valence-corrected chi connectivity index (χ1v) is 19.2. The van der Waals surface area contributed by atoms with Gasteiger partial charge >= 0.3 is 5.97 Å². The van der Waals surface area contributed by atoms with Gasteiger partial charge in [0.15, 0.2) is 0 Å².